The summed E-state index contributed by atoms with van der Waals surface area (Å²) in [6, 6.07) is 7.42. The third-order valence-electron chi connectivity index (χ3n) is 9.07. The Balaban J connectivity index is 1.31. The van der Waals surface area contributed by atoms with Gasteiger partial charge in [-0.2, -0.15) is 0 Å². The average molecular weight is 698 g/mol. The minimum Gasteiger partial charge on any atom is -0.449 e. The van der Waals surface area contributed by atoms with Crippen molar-refractivity contribution in [1.29, 1.82) is 0 Å². The monoisotopic (exact) mass is 696 g/mol. The van der Waals surface area contributed by atoms with Crippen LogP contribution in [0.15, 0.2) is 53.7 Å². The third kappa shape index (κ3) is 7.39. The van der Waals surface area contributed by atoms with E-state index in [4.69, 9.17) is 21.3 Å². The van der Waals surface area contributed by atoms with E-state index in [-0.39, 0.29) is 24.0 Å². The lowest BCUT2D eigenvalue weighted by Crippen LogP contribution is -2.62. The van der Waals surface area contributed by atoms with Gasteiger partial charge >= 0.3 is 6.09 Å². The molecule has 6 rings (SSSR count). The van der Waals surface area contributed by atoms with Crippen LogP contribution in [-0.2, 0) is 28.9 Å². The molecule has 0 bridgehead atoms. The number of carbonyl (C=O) groups is 2. The lowest BCUT2D eigenvalue weighted by Gasteiger charge is -2.45. The molecule has 0 radical (unpaired) electrons. The first kappa shape index (κ1) is 32.0. The highest BCUT2D eigenvalue weighted by atomic mass is 79.9. The molecular formula is C34H42BrClN6O3. The number of likely N-dealkylation sites (tertiary alicyclic amines) is 1. The van der Waals surface area contributed by atoms with Gasteiger partial charge in [0.2, 0.25) is 5.91 Å². The van der Waals surface area contributed by atoms with Gasteiger partial charge in [0.15, 0.2) is 0 Å². The van der Waals surface area contributed by atoms with Gasteiger partial charge in [-0.3, -0.25) is 19.6 Å². The first-order chi connectivity index (χ1) is 21.6. The SMILES string of the molecule is CC(C)(C)COC(=O)N1CCN(C2c3ccc(Cl)cc3CCc3cc(Br)cnc32)C[C@@H]1C(=O)N1CCC[C@H](Cn2ccnc2)C1. The van der Waals surface area contributed by atoms with Crippen LogP contribution in [0, 0.1) is 11.3 Å². The number of ether oxygens (including phenoxy) is 1. The van der Waals surface area contributed by atoms with E-state index in [9.17, 15) is 9.59 Å². The molecule has 0 saturated carbocycles. The number of halogens is 2. The Kier molecular flexibility index (Phi) is 9.54. The summed E-state index contributed by atoms with van der Waals surface area (Å²) in [5, 5.41) is 0.711. The van der Waals surface area contributed by atoms with Crippen LogP contribution < -0.4 is 0 Å². The molecule has 1 aromatic carbocycles. The van der Waals surface area contributed by atoms with E-state index in [1.807, 2.05) is 50.5 Å². The van der Waals surface area contributed by atoms with Crippen molar-refractivity contribution in [1.82, 2.24) is 29.2 Å². The maximum atomic E-state index is 14.5. The van der Waals surface area contributed by atoms with Crippen LogP contribution in [0.1, 0.15) is 62.0 Å². The molecule has 45 heavy (non-hydrogen) atoms. The van der Waals surface area contributed by atoms with Gasteiger partial charge in [0, 0.05) is 67.4 Å². The zero-order chi connectivity index (χ0) is 31.7. The summed E-state index contributed by atoms with van der Waals surface area (Å²) in [5.41, 5.74) is 4.33. The number of rotatable bonds is 5. The lowest BCUT2D eigenvalue weighted by molar-refractivity contribution is -0.141. The Morgan fingerprint density at radius 3 is 2.69 bits per heavy atom. The molecule has 3 aliphatic rings. The maximum absolute atomic E-state index is 14.5. The fourth-order valence-corrected chi connectivity index (χ4v) is 7.50. The molecule has 2 fully saturated rings. The number of piperidine rings is 1. The van der Waals surface area contributed by atoms with Crippen LogP contribution in [0.4, 0.5) is 4.79 Å². The molecular weight excluding hydrogens is 656 g/mol. The van der Waals surface area contributed by atoms with Gasteiger partial charge in [0.1, 0.15) is 6.04 Å². The Bertz CT molecular complexity index is 1470. The predicted molar refractivity (Wildman–Crippen MR) is 177 cm³/mol. The van der Waals surface area contributed by atoms with E-state index in [1.54, 1.807) is 11.1 Å². The molecule has 2 aromatic heterocycles. The summed E-state index contributed by atoms with van der Waals surface area (Å²) < 4.78 is 8.82. The molecule has 2 amide bonds. The number of hydrogen-bond donors (Lipinski definition) is 0. The van der Waals surface area contributed by atoms with Gasteiger partial charge < -0.3 is 14.2 Å². The highest BCUT2D eigenvalue weighted by Gasteiger charge is 2.43. The number of imidazole rings is 1. The van der Waals surface area contributed by atoms with Crippen LogP contribution in [0.2, 0.25) is 5.02 Å². The second kappa shape index (κ2) is 13.4. The number of piperazine rings is 1. The summed E-state index contributed by atoms with van der Waals surface area (Å²) in [7, 11) is 0. The number of pyridine rings is 1. The molecule has 0 N–H and O–H groups in total. The van der Waals surface area contributed by atoms with E-state index in [1.165, 1.54) is 11.1 Å². The minimum absolute atomic E-state index is 0.0170. The Hall–Kier alpha value is -2.95. The molecule has 4 heterocycles. The number of fused-ring (bicyclic) bond motifs is 2. The van der Waals surface area contributed by atoms with Crippen molar-refractivity contribution >= 4 is 39.5 Å². The Morgan fingerprint density at radius 1 is 1.09 bits per heavy atom. The van der Waals surface area contributed by atoms with E-state index >= 15 is 0 Å². The maximum Gasteiger partial charge on any atom is 0.410 e. The number of amides is 2. The number of benzene rings is 1. The molecule has 0 spiro atoms. The summed E-state index contributed by atoms with van der Waals surface area (Å²) in [6.07, 6.45) is 10.7. The summed E-state index contributed by atoms with van der Waals surface area (Å²) in [6.45, 7) is 9.90. The normalized spacial score (nSPS) is 22.4. The van der Waals surface area contributed by atoms with Crippen LogP contribution >= 0.6 is 27.5 Å². The summed E-state index contributed by atoms with van der Waals surface area (Å²) >= 11 is 10.1. The number of nitrogens with zero attached hydrogens (tertiary/aromatic N) is 6. The zero-order valence-corrected chi connectivity index (χ0v) is 28.6. The highest BCUT2D eigenvalue weighted by Crippen LogP contribution is 2.39. The van der Waals surface area contributed by atoms with Crippen LogP contribution in [-0.4, -0.2) is 86.6 Å². The van der Waals surface area contributed by atoms with Crippen molar-refractivity contribution in [2.45, 2.75) is 65.1 Å². The van der Waals surface area contributed by atoms with Gasteiger partial charge in [0.05, 0.1) is 24.7 Å². The Morgan fingerprint density at radius 2 is 1.91 bits per heavy atom. The molecule has 3 aromatic rings. The summed E-state index contributed by atoms with van der Waals surface area (Å²) in [5.74, 6) is 0.308. The van der Waals surface area contributed by atoms with E-state index in [2.05, 4.69) is 48.6 Å². The molecule has 2 aliphatic heterocycles. The van der Waals surface area contributed by atoms with Crippen molar-refractivity contribution in [2.24, 2.45) is 11.3 Å². The number of aryl methyl sites for hydroxylation is 2. The largest absolute Gasteiger partial charge is 0.449 e. The lowest BCUT2D eigenvalue weighted by atomic mass is 9.94. The van der Waals surface area contributed by atoms with E-state index in [0.29, 0.717) is 43.7 Å². The van der Waals surface area contributed by atoms with Crippen LogP contribution in [0.5, 0.6) is 0 Å². The Labute approximate surface area is 279 Å². The van der Waals surface area contributed by atoms with Crippen molar-refractivity contribution in [3.05, 3.63) is 81.1 Å². The standard InChI is InChI=1S/C34H42BrClN6O3/c1-34(2,3)21-45-33(44)42-14-13-40(20-29(42)32(43)41-11-4-5-23(19-41)18-39-12-10-37-22-39)31-28-9-8-27(36)16-24(28)6-7-25-15-26(35)17-38-30(25)31/h8-10,12,15-17,22-23,29,31H,4-7,11,13-14,18-21H2,1-3H3/t23-,29-,31?/m1/s1. The van der Waals surface area contributed by atoms with Crippen molar-refractivity contribution in [3.8, 4) is 0 Å². The number of aromatic nitrogens is 3. The van der Waals surface area contributed by atoms with Gasteiger partial charge in [-0.15, -0.1) is 0 Å². The van der Waals surface area contributed by atoms with E-state index < -0.39 is 12.1 Å². The van der Waals surface area contributed by atoms with Crippen LogP contribution in [0.25, 0.3) is 0 Å². The first-order valence-corrected chi connectivity index (χ1v) is 17.1. The molecule has 2 saturated heterocycles. The smallest absolute Gasteiger partial charge is 0.410 e. The number of hydrogen-bond acceptors (Lipinski definition) is 6. The molecule has 1 aliphatic carbocycles. The zero-order valence-electron chi connectivity index (χ0n) is 26.3. The van der Waals surface area contributed by atoms with Crippen molar-refractivity contribution in [2.75, 3.05) is 39.3 Å². The van der Waals surface area contributed by atoms with Gasteiger partial charge in [-0.05, 0) is 87.8 Å². The van der Waals surface area contributed by atoms with Crippen molar-refractivity contribution < 1.29 is 14.3 Å². The van der Waals surface area contributed by atoms with Gasteiger partial charge in [-0.25, -0.2) is 9.78 Å². The second-order valence-corrected chi connectivity index (χ2v) is 15.2. The molecule has 240 valence electrons. The molecule has 9 nitrogen and oxygen atoms in total. The van der Waals surface area contributed by atoms with Gasteiger partial charge in [-0.1, -0.05) is 38.4 Å². The quantitative estimate of drug-likeness (QED) is 0.326. The fourth-order valence-electron chi connectivity index (χ4n) is 6.93. The van der Waals surface area contributed by atoms with E-state index in [0.717, 1.165) is 48.0 Å². The number of carbonyl (C=O) groups excluding carboxylic acids is 2. The minimum atomic E-state index is -0.670. The summed E-state index contributed by atoms with van der Waals surface area (Å²) in [4.78, 5) is 43.2. The highest BCUT2D eigenvalue weighted by molar-refractivity contribution is 9.10. The predicted octanol–water partition coefficient (Wildman–Crippen LogP) is 5.99. The van der Waals surface area contributed by atoms with Crippen molar-refractivity contribution in [3.63, 3.8) is 0 Å². The topological polar surface area (TPSA) is 83.8 Å². The second-order valence-electron chi connectivity index (χ2n) is 13.8. The first-order valence-electron chi connectivity index (χ1n) is 15.9. The molecule has 1 unspecified atom stereocenters. The average Bonchev–Trinajstić information content (AvgIpc) is 3.47. The molecule has 3 atom stereocenters. The third-order valence-corrected chi connectivity index (χ3v) is 9.74. The molecule has 11 heteroatoms. The van der Waals surface area contributed by atoms with Crippen LogP contribution in [0.3, 0.4) is 0 Å². The fraction of sp³-hybridized carbons (Fsp3) is 0.529. The van der Waals surface area contributed by atoms with Gasteiger partial charge in [0.25, 0.3) is 0 Å².